The molecule has 1 saturated carbocycles. The molecule has 21 heavy (non-hydrogen) atoms. The number of anilines is 1. The molecule has 0 spiro atoms. The van der Waals surface area contributed by atoms with Crippen LogP contribution < -0.4 is 10.0 Å². The van der Waals surface area contributed by atoms with Gasteiger partial charge in [-0.1, -0.05) is 15.9 Å². The molecule has 3 rings (SSSR count). The van der Waals surface area contributed by atoms with Gasteiger partial charge in [-0.2, -0.15) is 0 Å². The summed E-state index contributed by atoms with van der Waals surface area (Å²) in [4.78, 5) is 1.22. The van der Waals surface area contributed by atoms with E-state index in [1.807, 2.05) is 5.38 Å². The summed E-state index contributed by atoms with van der Waals surface area (Å²) < 4.78 is 28.5. The van der Waals surface area contributed by atoms with Crippen molar-refractivity contribution < 1.29 is 8.42 Å². The first-order chi connectivity index (χ1) is 10.0. The van der Waals surface area contributed by atoms with E-state index in [2.05, 4.69) is 26.0 Å². The van der Waals surface area contributed by atoms with Crippen LogP contribution in [0.3, 0.4) is 0 Å². The highest BCUT2D eigenvalue weighted by Crippen LogP contribution is 2.26. The molecule has 0 aliphatic heterocycles. The summed E-state index contributed by atoms with van der Waals surface area (Å²) in [6.07, 6.45) is 2.37. The summed E-state index contributed by atoms with van der Waals surface area (Å²) in [5, 5.41) is 5.17. The van der Waals surface area contributed by atoms with Crippen LogP contribution in [0.25, 0.3) is 0 Å². The van der Waals surface area contributed by atoms with E-state index in [0.717, 1.165) is 9.35 Å². The number of hydrogen-bond acceptors (Lipinski definition) is 4. The third-order valence-corrected chi connectivity index (χ3v) is 6.26. The zero-order valence-electron chi connectivity index (χ0n) is 11.2. The minimum absolute atomic E-state index is 0.364. The molecule has 0 radical (unpaired) electrons. The van der Waals surface area contributed by atoms with Crippen LogP contribution >= 0.6 is 27.3 Å². The molecule has 0 atom stereocenters. The summed E-state index contributed by atoms with van der Waals surface area (Å²) in [6, 6.07) is 9.30. The summed E-state index contributed by atoms with van der Waals surface area (Å²) in [5.74, 6) is 0. The van der Waals surface area contributed by atoms with Crippen LogP contribution in [0.15, 0.2) is 45.1 Å². The largest absolute Gasteiger partial charge is 0.309 e. The maximum Gasteiger partial charge on any atom is 0.263 e. The van der Waals surface area contributed by atoms with Crippen molar-refractivity contribution >= 4 is 43.0 Å². The molecule has 2 aromatic rings. The molecule has 7 heteroatoms. The van der Waals surface area contributed by atoms with Crippen molar-refractivity contribution in [1.29, 1.82) is 0 Å². The second-order valence-electron chi connectivity index (χ2n) is 4.98. The number of halogens is 1. The Morgan fingerprint density at radius 2 is 1.90 bits per heavy atom. The monoisotopic (exact) mass is 386 g/mol. The molecular formula is C14H15BrN2O2S2. The first-order valence-electron chi connectivity index (χ1n) is 6.63. The molecule has 0 unspecified atom stereocenters. The zero-order chi connectivity index (χ0) is 14.9. The number of benzene rings is 1. The van der Waals surface area contributed by atoms with Crippen molar-refractivity contribution in [3.8, 4) is 0 Å². The molecule has 0 saturated heterocycles. The van der Waals surface area contributed by atoms with Gasteiger partial charge >= 0.3 is 0 Å². The molecule has 1 aromatic carbocycles. The van der Waals surface area contributed by atoms with Gasteiger partial charge in [0.05, 0.1) is 0 Å². The fourth-order valence-corrected chi connectivity index (χ4v) is 4.67. The normalized spacial score (nSPS) is 15.1. The Bertz CT molecular complexity index is 722. The van der Waals surface area contributed by atoms with Crippen molar-refractivity contribution in [2.45, 2.75) is 30.3 Å². The Hall–Kier alpha value is -0.890. The summed E-state index contributed by atoms with van der Waals surface area (Å²) in [6.45, 7) is 0.610. The number of rotatable bonds is 6. The average molecular weight is 387 g/mol. The van der Waals surface area contributed by atoms with Crippen LogP contribution in [-0.4, -0.2) is 14.5 Å². The predicted molar refractivity (Wildman–Crippen MR) is 89.1 cm³/mol. The molecule has 2 N–H and O–H groups in total. The quantitative estimate of drug-likeness (QED) is 0.797. The van der Waals surface area contributed by atoms with Gasteiger partial charge in [-0.3, -0.25) is 4.72 Å². The van der Waals surface area contributed by atoms with Crippen molar-refractivity contribution in [2.24, 2.45) is 0 Å². The predicted octanol–water partition coefficient (Wildman–Crippen LogP) is 3.56. The highest BCUT2D eigenvalue weighted by Gasteiger charge is 2.23. The average Bonchev–Trinajstić information content (AvgIpc) is 3.14. The van der Waals surface area contributed by atoms with Crippen LogP contribution in [-0.2, 0) is 16.6 Å². The minimum atomic E-state index is -3.54. The van der Waals surface area contributed by atoms with Gasteiger partial charge in [-0.25, -0.2) is 8.42 Å². The van der Waals surface area contributed by atoms with Gasteiger partial charge in [0, 0.05) is 27.6 Å². The summed E-state index contributed by atoms with van der Waals surface area (Å²) >= 11 is 4.80. The molecule has 4 nitrogen and oxygen atoms in total. The smallest absolute Gasteiger partial charge is 0.263 e. The first kappa shape index (κ1) is 15.0. The van der Waals surface area contributed by atoms with Crippen LogP contribution in [0.2, 0.25) is 0 Å². The standard InChI is InChI=1S/C14H15BrN2O2S2/c15-10-1-3-12(4-2-10)17-21(18,19)14-7-8-20-13(14)9-16-11-5-6-11/h1-4,7-8,11,16-17H,5-6,9H2. The van der Waals surface area contributed by atoms with Gasteiger partial charge in [0.15, 0.2) is 0 Å². The number of thiophene rings is 1. The van der Waals surface area contributed by atoms with Gasteiger partial charge in [0.2, 0.25) is 0 Å². The fraction of sp³-hybridized carbons (Fsp3) is 0.286. The highest BCUT2D eigenvalue weighted by atomic mass is 79.9. The third kappa shape index (κ3) is 3.85. The Balaban J connectivity index is 1.77. The zero-order valence-corrected chi connectivity index (χ0v) is 14.4. The highest BCUT2D eigenvalue weighted by molar-refractivity contribution is 9.10. The topological polar surface area (TPSA) is 58.2 Å². The lowest BCUT2D eigenvalue weighted by atomic mass is 10.3. The molecule has 1 aliphatic carbocycles. The van der Waals surface area contributed by atoms with Crippen LogP contribution in [0.1, 0.15) is 17.7 Å². The van der Waals surface area contributed by atoms with Gasteiger partial charge < -0.3 is 5.32 Å². The van der Waals surface area contributed by atoms with Crippen molar-refractivity contribution in [3.05, 3.63) is 45.1 Å². The molecular weight excluding hydrogens is 372 g/mol. The lowest BCUT2D eigenvalue weighted by molar-refractivity contribution is 0.599. The van der Waals surface area contributed by atoms with Crippen molar-refractivity contribution in [1.82, 2.24) is 5.32 Å². The first-order valence-corrected chi connectivity index (χ1v) is 9.78. The summed E-state index contributed by atoms with van der Waals surface area (Å²) in [5.41, 5.74) is 0.561. The Kier molecular flexibility index (Phi) is 4.35. The molecule has 0 bridgehead atoms. The van der Waals surface area contributed by atoms with Crippen molar-refractivity contribution in [2.75, 3.05) is 4.72 Å². The fourth-order valence-electron chi connectivity index (χ4n) is 1.95. The van der Waals surface area contributed by atoms with E-state index < -0.39 is 10.0 Å². The Morgan fingerprint density at radius 1 is 1.19 bits per heavy atom. The maximum absolute atomic E-state index is 12.5. The molecule has 1 heterocycles. The van der Waals surface area contributed by atoms with Crippen LogP contribution in [0.4, 0.5) is 5.69 Å². The van der Waals surface area contributed by atoms with Gasteiger partial charge in [-0.05, 0) is 48.6 Å². The van der Waals surface area contributed by atoms with Crippen molar-refractivity contribution in [3.63, 3.8) is 0 Å². The molecule has 1 aromatic heterocycles. The summed E-state index contributed by atoms with van der Waals surface area (Å²) in [7, 11) is -3.54. The number of sulfonamides is 1. The SMILES string of the molecule is O=S(=O)(Nc1ccc(Br)cc1)c1ccsc1CNC1CC1. The van der Waals surface area contributed by atoms with E-state index in [0.29, 0.717) is 23.2 Å². The molecule has 0 amide bonds. The van der Waals surface area contributed by atoms with E-state index in [-0.39, 0.29) is 0 Å². The van der Waals surface area contributed by atoms with Gasteiger partial charge in [0.25, 0.3) is 10.0 Å². The second-order valence-corrected chi connectivity index (χ2v) is 8.54. The lowest BCUT2D eigenvalue weighted by Gasteiger charge is -2.09. The van der Waals surface area contributed by atoms with E-state index in [1.54, 1.807) is 30.3 Å². The molecule has 1 aliphatic rings. The molecule has 1 fully saturated rings. The van der Waals surface area contributed by atoms with E-state index in [4.69, 9.17) is 0 Å². The van der Waals surface area contributed by atoms with E-state index >= 15 is 0 Å². The second kappa shape index (κ2) is 6.08. The van der Waals surface area contributed by atoms with Crippen LogP contribution in [0.5, 0.6) is 0 Å². The Morgan fingerprint density at radius 3 is 2.57 bits per heavy atom. The third-order valence-electron chi connectivity index (χ3n) is 3.22. The maximum atomic E-state index is 12.5. The minimum Gasteiger partial charge on any atom is -0.309 e. The van der Waals surface area contributed by atoms with E-state index in [9.17, 15) is 8.42 Å². The lowest BCUT2D eigenvalue weighted by Crippen LogP contribution is -2.18. The van der Waals surface area contributed by atoms with E-state index in [1.165, 1.54) is 24.2 Å². The number of hydrogen-bond donors (Lipinski definition) is 2. The van der Waals surface area contributed by atoms with Crippen LogP contribution in [0, 0.1) is 0 Å². The number of nitrogens with one attached hydrogen (secondary N) is 2. The van der Waals surface area contributed by atoms with Gasteiger partial charge in [-0.15, -0.1) is 11.3 Å². The Labute approximate surface area is 136 Å². The van der Waals surface area contributed by atoms with Gasteiger partial charge in [0.1, 0.15) is 4.90 Å². The molecule has 112 valence electrons.